The van der Waals surface area contributed by atoms with E-state index >= 15 is 0 Å². The van der Waals surface area contributed by atoms with Gasteiger partial charge >= 0.3 is 6.03 Å². The van der Waals surface area contributed by atoms with Crippen molar-refractivity contribution in [2.75, 3.05) is 44.2 Å². The number of hydrogen-bond donors (Lipinski definition) is 17. The summed E-state index contributed by atoms with van der Waals surface area (Å²) < 4.78 is 0. The van der Waals surface area contributed by atoms with Crippen molar-refractivity contribution < 1.29 is 47.9 Å². The SMILES string of the molecule is CCNC=NCC[C@H](NC(=O)[C@@H](C)NC(=O)[C@H](CS)NC(=O)[C@H](CCCN=C(N)N)N1C(=O)CNC1=O)C(=O)N[C@H](Cc1ccccc1)C(=O)N[C@@H](CCCN=C(N)N)C(=O)N[C@@H](Cc1c[nH]c2ccccc12)C(=O)N[C@@H](CS)C(N)=O. The third-order valence-corrected chi connectivity index (χ3v) is 13.4. The molecule has 1 aliphatic rings. The van der Waals surface area contributed by atoms with E-state index in [0.717, 1.165) is 15.8 Å². The summed E-state index contributed by atoms with van der Waals surface area (Å²) in [5.74, 6) is -8.32. The van der Waals surface area contributed by atoms with Crippen molar-refractivity contribution in [2.24, 2.45) is 43.6 Å². The molecule has 82 heavy (non-hydrogen) atoms. The van der Waals surface area contributed by atoms with Crippen LogP contribution in [0.3, 0.4) is 0 Å². The van der Waals surface area contributed by atoms with Crippen LogP contribution in [0.4, 0.5) is 4.79 Å². The Morgan fingerprint density at radius 3 is 1.73 bits per heavy atom. The van der Waals surface area contributed by atoms with Gasteiger partial charge in [-0.2, -0.15) is 25.3 Å². The van der Waals surface area contributed by atoms with Crippen molar-refractivity contribution in [3.63, 3.8) is 0 Å². The first kappa shape index (κ1) is 65.9. The highest BCUT2D eigenvalue weighted by Crippen LogP contribution is 2.20. The molecule has 0 radical (unpaired) electrons. The van der Waals surface area contributed by atoms with E-state index in [0.29, 0.717) is 17.7 Å². The number of nitrogens with two attached hydrogens (primary N) is 5. The fourth-order valence-electron chi connectivity index (χ4n) is 8.31. The summed E-state index contributed by atoms with van der Waals surface area (Å²) in [5.41, 5.74) is 29.5. The van der Waals surface area contributed by atoms with Crippen LogP contribution < -0.4 is 76.5 Å². The van der Waals surface area contributed by atoms with Crippen LogP contribution in [0.2, 0.25) is 0 Å². The van der Waals surface area contributed by atoms with Gasteiger partial charge in [0.2, 0.25) is 47.3 Å². The van der Waals surface area contributed by atoms with Crippen molar-refractivity contribution in [2.45, 2.75) is 107 Å². The molecule has 0 unspecified atom stereocenters. The number of nitrogens with one attached hydrogen (secondary N) is 10. The van der Waals surface area contributed by atoms with Gasteiger partial charge in [0.15, 0.2) is 11.9 Å². The Bertz CT molecular complexity index is 2780. The topological polar surface area (TPSA) is 465 Å². The first-order valence-electron chi connectivity index (χ1n) is 26.3. The predicted molar refractivity (Wildman–Crippen MR) is 314 cm³/mol. The van der Waals surface area contributed by atoms with Gasteiger partial charge in [-0.05, 0) is 63.1 Å². The number of primary amides is 1. The number of carbonyl (C=O) groups is 10. The number of nitrogens with zero attached hydrogens (tertiary/aromatic N) is 4. The maximum absolute atomic E-state index is 14.7. The molecular formula is C51H75N19O10S2. The Hall–Kier alpha value is -8.61. The summed E-state index contributed by atoms with van der Waals surface area (Å²) in [6, 6.07) is 4.20. The smallest absolute Gasteiger partial charge is 0.325 e. The van der Waals surface area contributed by atoms with Gasteiger partial charge < -0.3 is 81.5 Å². The summed E-state index contributed by atoms with van der Waals surface area (Å²) >= 11 is 8.38. The maximum Gasteiger partial charge on any atom is 0.325 e. The molecule has 0 aliphatic carbocycles. The van der Waals surface area contributed by atoms with Crippen LogP contribution in [-0.2, 0) is 56.0 Å². The number of carbonyl (C=O) groups excluding carboxylic acids is 10. The molecule has 3 aromatic rings. The van der Waals surface area contributed by atoms with E-state index in [1.165, 1.54) is 13.3 Å². The quantitative estimate of drug-likeness (QED) is 0.00873. The molecule has 31 heteroatoms. The average molecular weight is 1180 g/mol. The molecule has 4 rings (SSSR count). The molecule has 446 valence electrons. The molecule has 29 nitrogen and oxygen atoms in total. The molecular weight excluding hydrogens is 1100 g/mol. The van der Waals surface area contributed by atoms with E-state index in [4.69, 9.17) is 28.7 Å². The van der Waals surface area contributed by atoms with E-state index in [1.807, 2.05) is 25.1 Å². The lowest BCUT2D eigenvalue weighted by Crippen LogP contribution is -2.60. The number of aliphatic imine (C=N–C) groups is 3. The molecule has 0 bridgehead atoms. The number of thiol groups is 2. The van der Waals surface area contributed by atoms with Crippen LogP contribution in [0.5, 0.6) is 0 Å². The van der Waals surface area contributed by atoms with E-state index < -0.39 is 108 Å². The number of amides is 11. The molecule has 20 N–H and O–H groups in total. The fourth-order valence-corrected chi connectivity index (χ4v) is 8.84. The number of benzene rings is 2. The molecule has 0 spiro atoms. The Kier molecular flexibility index (Phi) is 27.2. The van der Waals surface area contributed by atoms with Crippen molar-refractivity contribution in [3.8, 4) is 0 Å². The van der Waals surface area contributed by atoms with Gasteiger partial charge in [-0.25, -0.2) is 4.79 Å². The van der Waals surface area contributed by atoms with Gasteiger partial charge in [-0.1, -0.05) is 48.5 Å². The second kappa shape index (κ2) is 33.9. The highest BCUT2D eigenvalue weighted by molar-refractivity contribution is 7.80. The van der Waals surface area contributed by atoms with Crippen LogP contribution >= 0.6 is 25.3 Å². The highest BCUT2D eigenvalue weighted by atomic mass is 32.1. The number of H-pyrrole nitrogens is 1. The Balaban J connectivity index is 1.59. The normalized spacial score (nSPS) is 15.0. The van der Waals surface area contributed by atoms with Crippen molar-refractivity contribution in [3.05, 3.63) is 71.9 Å². The van der Waals surface area contributed by atoms with Gasteiger partial charge in [0.1, 0.15) is 48.3 Å². The van der Waals surface area contributed by atoms with E-state index in [9.17, 15) is 47.9 Å². The molecule has 1 fully saturated rings. The largest absolute Gasteiger partial charge is 0.377 e. The zero-order chi connectivity index (χ0) is 60.3. The van der Waals surface area contributed by atoms with Gasteiger partial charge in [0.25, 0.3) is 5.91 Å². The minimum absolute atomic E-state index is 0.0143. The van der Waals surface area contributed by atoms with E-state index in [2.05, 4.69) is 93.1 Å². The standard InChI is InChI=1S/C51H75N19O10S2/c1-3-57-27-58-20-17-34(64-42(73)28(2)63-47(78)38(26-82)69-48(79)39(16-10-19-60-50(55)56)70-40(71)24-62-51(70)80)44(75)66-35(21-29-11-5-4-6-12-29)45(76)65-33(15-9-18-59-49(53)54)43(74)67-36(46(77)68-37(25-81)41(52)72)22-30-23-61-32-14-8-7-13-31(30)32/h4-8,11-14,23,27-28,33-39,61,81-82H,3,9-10,15-22,24-26H2,1-2H3,(H2,52,72)(H,57,58)(H,62,80)(H,63,78)(H,64,73)(H,65,76)(H,66,75)(H,67,74)(H,68,77)(H,69,79)(H4,53,54,59)(H4,55,56,60)/t28-,33+,34+,35-,36+,37+,38+,39+/m1/s1. The average Bonchev–Trinajstić information content (AvgIpc) is 4.12. The van der Waals surface area contributed by atoms with Gasteiger partial charge in [-0.15, -0.1) is 0 Å². The van der Waals surface area contributed by atoms with E-state index in [-0.39, 0.29) is 94.5 Å². The van der Waals surface area contributed by atoms with Crippen LogP contribution in [0.15, 0.2) is 75.8 Å². The van der Waals surface area contributed by atoms with Gasteiger partial charge in [-0.3, -0.25) is 63.0 Å². The minimum Gasteiger partial charge on any atom is -0.377 e. The lowest BCUT2D eigenvalue weighted by molar-refractivity contribution is -0.137. The lowest BCUT2D eigenvalue weighted by atomic mass is 10.0. The van der Waals surface area contributed by atoms with Gasteiger partial charge in [0, 0.05) is 67.6 Å². The first-order chi connectivity index (χ1) is 39.2. The molecule has 0 saturated carbocycles. The molecule has 11 amide bonds. The number of imide groups is 1. The van der Waals surface area contributed by atoms with Crippen LogP contribution in [0.1, 0.15) is 57.1 Å². The van der Waals surface area contributed by atoms with Crippen molar-refractivity contribution >= 4 is 114 Å². The van der Waals surface area contributed by atoms with Crippen molar-refractivity contribution in [1.29, 1.82) is 0 Å². The number of aromatic nitrogens is 1. The minimum atomic E-state index is -1.42. The van der Waals surface area contributed by atoms with E-state index in [1.54, 1.807) is 42.6 Å². The molecule has 1 saturated heterocycles. The number of hydrogen-bond acceptors (Lipinski definition) is 15. The predicted octanol–water partition coefficient (Wildman–Crippen LogP) is -4.23. The number of fused-ring (bicyclic) bond motifs is 1. The lowest BCUT2D eigenvalue weighted by Gasteiger charge is -2.28. The molecule has 2 heterocycles. The first-order valence-corrected chi connectivity index (χ1v) is 27.6. The zero-order valence-corrected chi connectivity index (χ0v) is 47.3. The Labute approximate surface area is 484 Å². The molecule has 1 aliphatic heterocycles. The molecule has 2 aromatic carbocycles. The second-order valence-electron chi connectivity index (χ2n) is 18.8. The third-order valence-electron chi connectivity index (χ3n) is 12.6. The van der Waals surface area contributed by atoms with Crippen LogP contribution in [0.25, 0.3) is 10.9 Å². The summed E-state index contributed by atoms with van der Waals surface area (Å²) in [5, 5.41) is 24.4. The monoisotopic (exact) mass is 1180 g/mol. The number of guanidine groups is 2. The summed E-state index contributed by atoms with van der Waals surface area (Å²) in [6.45, 7) is 3.44. The summed E-state index contributed by atoms with van der Waals surface area (Å²) in [7, 11) is 0. The van der Waals surface area contributed by atoms with Crippen LogP contribution in [-0.4, -0.2) is 180 Å². The van der Waals surface area contributed by atoms with Crippen LogP contribution in [0, 0.1) is 0 Å². The number of aromatic amines is 1. The Morgan fingerprint density at radius 1 is 0.622 bits per heavy atom. The fraction of sp³-hybridized carbons (Fsp3) is 0.471. The molecule has 1 aromatic heterocycles. The summed E-state index contributed by atoms with van der Waals surface area (Å²) in [4.78, 5) is 152. The number of urea groups is 1. The van der Waals surface area contributed by atoms with Gasteiger partial charge in [0.05, 0.1) is 12.9 Å². The molecule has 8 atom stereocenters. The summed E-state index contributed by atoms with van der Waals surface area (Å²) in [6.07, 6.45) is 2.94. The highest BCUT2D eigenvalue weighted by Gasteiger charge is 2.40. The second-order valence-corrected chi connectivity index (χ2v) is 19.6. The van der Waals surface area contributed by atoms with Crippen molar-refractivity contribution in [1.82, 2.24) is 57.7 Å². The number of rotatable bonds is 35. The Morgan fingerprint density at radius 2 is 1.15 bits per heavy atom. The number of para-hydroxylation sites is 1. The zero-order valence-electron chi connectivity index (χ0n) is 45.5. The third kappa shape index (κ3) is 21.1. The maximum atomic E-state index is 14.7.